The molecule has 1 aliphatic rings. The van der Waals surface area contributed by atoms with Crippen LogP contribution in [0.3, 0.4) is 0 Å². The molecule has 3 rings (SSSR count). The molecule has 2 aromatic carbocycles. The maximum atomic E-state index is 12.5. The summed E-state index contributed by atoms with van der Waals surface area (Å²) in [5.74, 6) is -0.148. The number of halogens is 1. The molecule has 0 fully saturated rings. The van der Waals surface area contributed by atoms with Gasteiger partial charge in [-0.2, -0.15) is 0 Å². The molecular formula is C17H17ClN2O4S. The highest BCUT2D eigenvalue weighted by atomic mass is 35.5. The van der Waals surface area contributed by atoms with Gasteiger partial charge in [0.15, 0.2) is 0 Å². The van der Waals surface area contributed by atoms with Gasteiger partial charge in [0.25, 0.3) is 0 Å². The average Bonchev–Trinajstić information content (AvgIpc) is 3.04. The van der Waals surface area contributed by atoms with E-state index in [1.165, 1.54) is 25.3 Å². The van der Waals surface area contributed by atoms with Gasteiger partial charge in [-0.1, -0.05) is 29.8 Å². The quantitative estimate of drug-likeness (QED) is 0.862. The second kappa shape index (κ2) is 7.03. The first-order valence-electron chi connectivity index (χ1n) is 7.64. The molecule has 0 unspecified atom stereocenters. The smallest absolute Gasteiger partial charge is 0.244 e. The van der Waals surface area contributed by atoms with Crippen LogP contribution in [0.25, 0.3) is 0 Å². The molecule has 0 aliphatic carbocycles. The zero-order valence-corrected chi connectivity index (χ0v) is 15.1. The summed E-state index contributed by atoms with van der Waals surface area (Å²) in [6.07, 6.45) is 0.761. The summed E-state index contributed by atoms with van der Waals surface area (Å²) in [6, 6.07) is 11.9. The number of hydrogen-bond donors (Lipinski definition) is 1. The van der Waals surface area contributed by atoms with Crippen molar-refractivity contribution in [3.63, 3.8) is 0 Å². The minimum atomic E-state index is -3.93. The number of carbonyl (C=O) groups is 1. The molecule has 1 heterocycles. The van der Waals surface area contributed by atoms with Gasteiger partial charge in [-0.05, 0) is 36.2 Å². The Balaban J connectivity index is 1.75. The fraction of sp³-hybridized carbons (Fsp3) is 0.235. The van der Waals surface area contributed by atoms with E-state index in [-0.39, 0.29) is 28.1 Å². The maximum Gasteiger partial charge on any atom is 0.244 e. The van der Waals surface area contributed by atoms with Crippen molar-refractivity contribution in [1.82, 2.24) is 4.72 Å². The SMILES string of the molecule is COc1ccc(Cl)cc1S(=O)(=O)NCC(=O)N1CCc2ccccc21. The van der Waals surface area contributed by atoms with E-state index in [0.717, 1.165) is 17.7 Å². The van der Waals surface area contributed by atoms with Crippen LogP contribution in [0, 0.1) is 0 Å². The molecular weight excluding hydrogens is 364 g/mol. The van der Waals surface area contributed by atoms with E-state index in [2.05, 4.69) is 4.72 Å². The standard InChI is InChI=1S/C17H17ClN2O4S/c1-24-15-7-6-13(18)10-16(15)25(22,23)19-11-17(21)20-9-8-12-4-2-3-5-14(12)20/h2-7,10,19H,8-9,11H2,1H3. The number of para-hydroxylation sites is 1. The summed E-state index contributed by atoms with van der Waals surface area (Å²) < 4.78 is 32.4. The van der Waals surface area contributed by atoms with Crippen LogP contribution in [0.5, 0.6) is 5.75 Å². The highest BCUT2D eigenvalue weighted by Crippen LogP contribution is 2.28. The van der Waals surface area contributed by atoms with Crippen LogP contribution in [-0.4, -0.2) is 34.5 Å². The number of sulfonamides is 1. The first kappa shape index (κ1) is 17.7. The summed E-state index contributed by atoms with van der Waals surface area (Å²) >= 11 is 5.88. The topological polar surface area (TPSA) is 75.7 Å². The van der Waals surface area contributed by atoms with E-state index in [4.69, 9.17) is 16.3 Å². The zero-order chi connectivity index (χ0) is 18.0. The third kappa shape index (κ3) is 3.63. The van der Waals surface area contributed by atoms with E-state index in [0.29, 0.717) is 6.54 Å². The van der Waals surface area contributed by atoms with Crippen molar-refractivity contribution >= 4 is 33.2 Å². The summed E-state index contributed by atoms with van der Waals surface area (Å²) in [5.41, 5.74) is 1.90. The van der Waals surface area contributed by atoms with E-state index in [1.54, 1.807) is 4.90 Å². The van der Waals surface area contributed by atoms with Gasteiger partial charge in [0, 0.05) is 17.3 Å². The van der Waals surface area contributed by atoms with Crippen molar-refractivity contribution in [1.29, 1.82) is 0 Å². The third-order valence-corrected chi connectivity index (χ3v) is 5.67. The average molecular weight is 381 g/mol. The van der Waals surface area contributed by atoms with Crippen LogP contribution in [-0.2, 0) is 21.2 Å². The van der Waals surface area contributed by atoms with Crippen molar-refractivity contribution in [2.75, 3.05) is 25.1 Å². The first-order valence-corrected chi connectivity index (χ1v) is 9.50. The number of fused-ring (bicyclic) bond motifs is 1. The van der Waals surface area contributed by atoms with Gasteiger partial charge in [-0.3, -0.25) is 4.79 Å². The summed E-state index contributed by atoms with van der Waals surface area (Å²) in [5, 5.41) is 0.265. The molecule has 0 saturated heterocycles. The number of methoxy groups -OCH3 is 1. The lowest BCUT2D eigenvalue weighted by molar-refractivity contribution is -0.117. The molecule has 6 nitrogen and oxygen atoms in total. The number of benzene rings is 2. The van der Waals surface area contributed by atoms with Gasteiger partial charge in [0.1, 0.15) is 10.6 Å². The molecule has 132 valence electrons. The third-order valence-electron chi connectivity index (χ3n) is 4.02. The van der Waals surface area contributed by atoms with Crippen LogP contribution in [0.15, 0.2) is 47.4 Å². The molecule has 25 heavy (non-hydrogen) atoms. The van der Waals surface area contributed by atoms with Gasteiger partial charge in [0.2, 0.25) is 15.9 Å². The van der Waals surface area contributed by atoms with Crippen molar-refractivity contribution in [2.24, 2.45) is 0 Å². The van der Waals surface area contributed by atoms with E-state index < -0.39 is 10.0 Å². The Morgan fingerprint density at radius 2 is 2.04 bits per heavy atom. The van der Waals surface area contributed by atoms with Gasteiger partial charge in [-0.15, -0.1) is 0 Å². The Labute approximate surface area is 151 Å². The fourth-order valence-electron chi connectivity index (χ4n) is 2.79. The Kier molecular flexibility index (Phi) is 4.99. The zero-order valence-electron chi connectivity index (χ0n) is 13.5. The molecule has 0 bridgehead atoms. The van der Waals surface area contributed by atoms with Crippen molar-refractivity contribution in [3.8, 4) is 5.75 Å². The molecule has 1 amide bonds. The molecule has 0 spiro atoms. The minimum absolute atomic E-state index is 0.0999. The number of anilines is 1. The number of amides is 1. The highest BCUT2D eigenvalue weighted by molar-refractivity contribution is 7.89. The lowest BCUT2D eigenvalue weighted by atomic mass is 10.2. The van der Waals surface area contributed by atoms with Gasteiger partial charge in [-0.25, -0.2) is 13.1 Å². The fourth-order valence-corrected chi connectivity index (χ4v) is 4.19. The molecule has 0 aromatic heterocycles. The molecule has 0 atom stereocenters. The number of hydrogen-bond acceptors (Lipinski definition) is 4. The maximum absolute atomic E-state index is 12.5. The van der Waals surface area contributed by atoms with Crippen LogP contribution >= 0.6 is 11.6 Å². The number of carbonyl (C=O) groups excluding carboxylic acids is 1. The van der Waals surface area contributed by atoms with Crippen LogP contribution in [0.4, 0.5) is 5.69 Å². The molecule has 1 N–H and O–H groups in total. The molecule has 2 aromatic rings. The lowest BCUT2D eigenvalue weighted by Gasteiger charge is -2.18. The molecule has 8 heteroatoms. The molecule has 0 saturated carbocycles. The van der Waals surface area contributed by atoms with E-state index in [1.807, 2.05) is 24.3 Å². The van der Waals surface area contributed by atoms with Crippen molar-refractivity contribution in [3.05, 3.63) is 53.1 Å². The summed E-state index contributed by atoms with van der Waals surface area (Å²) in [6.45, 7) is 0.201. The Hall–Kier alpha value is -2.09. The minimum Gasteiger partial charge on any atom is -0.495 e. The second-order valence-corrected chi connectivity index (χ2v) is 7.72. The Morgan fingerprint density at radius 3 is 2.80 bits per heavy atom. The first-order chi connectivity index (χ1) is 11.9. The highest BCUT2D eigenvalue weighted by Gasteiger charge is 2.26. The number of ether oxygens (including phenoxy) is 1. The predicted octanol–water partition coefficient (Wildman–Crippen LogP) is 2.22. The summed E-state index contributed by atoms with van der Waals surface area (Å²) in [4.78, 5) is 13.9. The monoisotopic (exact) mass is 380 g/mol. The van der Waals surface area contributed by atoms with Crippen LogP contribution < -0.4 is 14.4 Å². The normalized spacial score (nSPS) is 13.6. The van der Waals surface area contributed by atoms with E-state index in [9.17, 15) is 13.2 Å². The molecule has 0 radical (unpaired) electrons. The summed E-state index contributed by atoms with van der Waals surface area (Å²) in [7, 11) is -2.56. The van der Waals surface area contributed by atoms with E-state index >= 15 is 0 Å². The van der Waals surface area contributed by atoms with Crippen molar-refractivity contribution in [2.45, 2.75) is 11.3 Å². The largest absolute Gasteiger partial charge is 0.495 e. The Morgan fingerprint density at radius 1 is 1.28 bits per heavy atom. The number of rotatable bonds is 5. The molecule has 1 aliphatic heterocycles. The van der Waals surface area contributed by atoms with Crippen molar-refractivity contribution < 1.29 is 17.9 Å². The lowest BCUT2D eigenvalue weighted by Crippen LogP contribution is -2.39. The van der Waals surface area contributed by atoms with Crippen LogP contribution in [0.2, 0.25) is 5.02 Å². The van der Waals surface area contributed by atoms with Gasteiger partial charge < -0.3 is 9.64 Å². The predicted molar refractivity (Wildman–Crippen MR) is 95.7 cm³/mol. The van der Waals surface area contributed by atoms with Crippen LogP contribution in [0.1, 0.15) is 5.56 Å². The number of nitrogens with one attached hydrogen (secondary N) is 1. The van der Waals surface area contributed by atoms with Gasteiger partial charge >= 0.3 is 0 Å². The Bertz CT molecular complexity index is 915. The second-order valence-electron chi connectivity index (χ2n) is 5.54. The van der Waals surface area contributed by atoms with Gasteiger partial charge in [0.05, 0.1) is 13.7 Å². The number of nitrogens with zero attached hydrogens (tertiary/aromatic N) is 1.